The summed E-state index contributed by atoms with van der Waals surface area (Å²) in [5.74, 6) is 0.235. The first kappa shape index (κ1) is 15.2. The zero-order valence-electron chi connectivity index (χ0n) is 13.3. The molecule has 0 fully saturated rings. The van der Waals surface area contributed by atoms with Crippen LogP contribution in [-0.4, -0.2) is 26.9 Å². The zero-order chi connectivity index (χ0) is 16.2. The van der Waals surface area contributed by atoms with Gasteiger partial charge in [0.15, 0.2) is 0 Å². The van der Waals surface area contributed by atoms with Gasteiger partial charge in [0.05, 0.1) is 18.8 Å². The fraction of sp³-hybridized carbons (Fsp3) is 0.278. The Morgan fingerprint density at radius 1 is 1.17 bits per heavy atom. The summed E-state index contributed by atoms with van der Waals surface area (Å²) in [7, 11) is 0. The summed E-state index contributed by atoms with van der Waals surface area (Å²) in [6.07, 6.45) is 3.45. The normalized spacial score (nSPS) is 12.5. The number of carbonyl (C=O) groups excluding carboxylic acids is 1. The van der Waals surface area contributed by atoms with Crippen molar-refractivity contribution < 1.29 is 4.79 Å². The Kier molecular flexibility index (Phi) is 4.37. The fourth-order valence-corrected chi connectivity index (χ4v) is 2.62. The third-order valence-corrected chi connectivity index (χ3v) is 4.01. The average Bonchev–Trinajstić information content (AvgIpc) is 3.06. The molecule has 0 aliphatic heterocycles. The van der Waals surface area contributed by atoms with Crippen LogP contribution in [0.25, 0.3) is 10.8 Å². The van der Waals surface area contributed by atoms with Gasteiger partial charge in [-0.1, -0.05) is 55.5 Å². The maximum absolute atomic E-state index is 12.7. The van der Waals surface area contributed by atoms with Gasteiger partial charge in [0.1, 0.15) is 0 Å². The highest BCUT2D eigenvalue weighted by Gasteiger charge is 2.19. The maximum Gasteiger partial charge on any atom is 0.252 e. The first-order chi connectivity index (χ1) is 11.1. The second-order valence-electron chi connectivity index (χ2n) is 5.98. The van der Waals surface area contributed by atoms with Crippen molar-refractivity contribution in [1.29, 1.82) is 0 Å². The summed E-state index contributed by atoms with van der Waals surface area (Å²) >= 11 is 0. The predicted octanol–water partition coefficient (Wildman–Crippen LogP) is 2.89. The van der Waals surface area contributed by atoms with Crippen molar-refractivity contribution in [2.24, 2.45) is 5.92 Å². The van der Waals surface area contributed by atoms with Crippen LogP contribution in [0.1, 0.15) is 24.2 Å². The molecule has 1 aromatic heterocycles. The summed E-state index contributed by atoms with van der Waals surface area (Å²) in [5, 5.41) is 13.0. The maximum atomic E-state index is 12.7. The molecule has 23 heavy (non-hydrogen) atoms. The lowest BCUT2D eigenvalue weighted by Gasteiger charge is -2.22. The van der Waals surface area contributed by atoms with Crippen LogP contribution < -0.4 is 5.32 Å². The van der Waals surface area contributed by atoms with E-state index in [2.05, 4.69) is 29.5 Å². The number of fused-ring (bicyclic) bond motifs is 1. The smallest absolute Gasteiger partial charge is 0.252 e. The minimum atomic E-state index is -0.0550. The molecule has 1 atom stereocenters. The van der Waals surface area contributed by atoms with E-state index in [1.54, 1.807) is 17.1 Å². The van der Waals surface area contributed by atoms with E-state index in [0.29, 0.717) is 12.1 Å². The number of nitrogens with zero attached hydrogens (tertiary/aromatic N) is 3. The Bertz CT molecular complexity index is 790. The lowest BCUT2D eigenvalue weighted by molar-refractivity contribution is 0.0921. The van der Waals surface area contributed by atoms with Crippen molar-refractivity contribution in [2.75, 3.05) is 0 Å². The van der Waals surface area contributed by atoms with Gasteiger partial charge in [-0.2, -0.15) is 0 Å². The molecule has 2 aromatic carbocycles. The Hall–Kier alpha value is -2.69. The number of hydrogen-bond acceptors (Lipinski definition) is 3. The molecule has 5 nitrogen and oxygen atoms in total. The Balaban J connectivity index is 1.83. The van der Waals surface area contributed by atoms with Crippen LogP contribution in [0.15, 0.2) is 54.9 Å². The molecule has 118 valence electrons. The van der Waals surface area contributed by atoms with E-state index < -0.39 is 0 Å². The largest absolute Gasteiger partial charge is 0.347 e. The molecule has 5 heteroatoms. The molecule has 3 aromatic rings. The van der Waals surface area contributed by atoms with Crippen LogP contribution in [0.5, 0.6) is 0 Å². The van der Waals surface area contributed by atoms with Crippen LogP contribution in [-0.2, 0) is 6.54 Å². The molecule has 0 unspecified atom stereocenters. The van der Waals surface area contributed by atoms with E-state index in [1.807, 2.05) is 42.5 Å². The molecule has 0 aliphatic rings. The molecule has 0 bridgehead atoms. The minimum Gasteiger partial charge on any atom is -0.347 e. The lowest BCUT2D eigenvalue weighted by Crippen LogP contribution is -2.41. The van der Waals surface area contributed by atoms with Crippen LogP contribution in [0.2, 0.25) is 0 Å². The van der Waals surface area contributed by atoms with Gasteiger partial charge in [-0.05, 0) is 22.8 Å². The van der Waals surface area contributed by atoms with Gasteiger partial charge in [0, 0.05) is 11.8 Å². The topological polar surface area (TPSA) is 59.8 Å². The van der Waals surface area contributed by atoms with Gasteiger partial charge in [-0.25, -0.2) is 0 Å². The van der Waals surface area contributed by atoms with Crippen molar-refractivity contribution in [3.8, 4) is 0 Å². The molecular weight excluding hydrogens is 288 g/mol. The fourth-order valence-electron chi connectivity index (χ4n) is 2.62. The van der Waals surface area contributed by atoms with Gasteiger partial charge in [-0.3, -0.25) is 9.48 Å². The molecule has 0 radical (unpaired) electrons. The highest BCUT2D eigenvalue weighted by atomic mass is 16.1. The molecule has 1 N–H and O–H groups in total. The molecule has 0 spiro atoms. The number of carbonyl (C=O) groups is 1. The molecule has 0 aliphatic carbocycles. The Morgan fingerprint density at radius 2 is 1.96 bits per heavy atom. The molecular formula is C18H20N4O. The van der Waals surface area contributed by atoms with Crippen molar-refractivity contribution in [3.63, 3.8) is 0 Å². The van der Waals surface area contributed by atoms with E-state index in [4.69, 9.17) is 0 Å². The summed E-state index contributed by atoms with van der Waals surface area (Å²) in [5.41, 5.74) is 0.701. The number of benzene rings is 2. The summed E-state index contributed by atoms with van der Waals surface area (Å²) in [6, 6.07) is 13.7. The minimum absolute atomic E-state index is 0.0110. The second-order valence-corrected chi connectivity index (χ2v) is 5.98. The van der Waals surface area contributed by atoms with Crippen molar-refractivity contribution in [2.45, 2.75) is 26.4 Å². The molecule has 0 saturated heterocycles. The highest BCUT2D eigenvalue weighted by molar-refractivity contribution is 6.07. The number of nitrogens with one attached hydrogen (secondary N) is 1. The SMILES string of the molecule is CC(C)[C@H](Cn1ccnn1)NC(=O)c1cccc2ccccc12. The first-order valence-corrected chi connectivity index (χ1v) is 7.78. The van der Waals surface area contributed by atoms with Crippen molar-refractivity contribution in [3.05, 3.63) is 60.4 Å². The molecule has 0 saturated carbocycles. The van der Waals surface area contributed by atoms with E-state index in [1.165, 1.54) is 0 Å². The standard InChI is InChI=1S/C18H20N4O/c1-13(2)17(12-22-11-10-19-21-22)20-18(23)16-9-5-7-14-6-3-4-8-15(14)16/h3-11,13,17H,12H2,1-2H3,(H,20,23)/t17-/m0/s1. The predicted molar refractivity (Wildman–Crippen MR) is 90.1 cm³/mol. The van der Waals surface area contributed by atoms with Gasteiger partial charge in [-0.15, -0.1) is 5.10 Å². The number of aromatic nitrogens is 3. The van der Waals surface area contributed by atoms with Crippen molar-refractivity contribution >= 4 is 16.7 Å². The van der Waals surface area contributed by atoms with Gasteiger partial charge >= 0.3 is 0 Å². The molecule has 3 rings (SSSR count). The first-order valence-electron chi connectivity index (χ1n) is 7.78. The quantitative estimate of drug-likeness (QED) is 0.788. The van der Waals surface area contributed by atoms with Crippen molar-refractivity contribution in [1.82, 2.24) is 20.3 Å². The molecule has 1 amide bonds. The Morgan fingerprint density at radius 3 is 2.70 bits per heavy atom. The summed E-state index contributed by atoms with van der Waals surface area (Å²) in [4.78, 5) is 12.7. The third-order valence-electron chi connectivity index (χ3n) is 4.01. The van der Waals surface area contributed by atoms with E-state index in [-0.39, 0.29) is 17.9 Å². The third kappa shape index (κ3) is 3.39. The lowest BCUT2D eigenvalue weighted by atomic mass is 10.0. The number of rotatable bonds is 5. The van der Waals surface area contributed by atoms with E-state index >= 15 is 0 Å². The Labute approximate surface area is 135 Å². The zero-order valence-corrected chi connectivity index (χ0v) is 13.3. The monoisotopic (exact) mass is 308 g/mol. The van der Waals surface area contributed by atoms with Gasteiger partial charge in [0.25, 0.3) is 5.91 Å². The van der Waals surface area contributed by atoms with Gasteiger partial charge in [0.2, 0.25) is 0 Å². The van der Waals surface area contributed by atoms with Crippen LogP contribution in [0, 0.1) is 5.92 Å². The van der Waals surface area contributed by atoms with Crippen LogP contribution in [0.3, 0.4) is 0 Å². The molecule has 1 heterocycles. The number of hydrogen-bond donors (Lipinski definition) is 1. The summed E-state index contributed by atoms with van der Waals surface area (Å²) in [6.45, 7) is 4.78. The second kappa shape index (κ2) is 6.60. The average molecular weight is 308 g/mol. The van der Waals surface area contributed by atoms with Crippen LogP contribution in [0.4, 0.5) is 0 Å². The van der Waals surface area contributed by atoms with E-state index in [9.17, 15) is 4.79 Å². The van der Waals surface area contributed by atoms with Crippen LogP contribution >= 0.6 is 0 Å². The summed E-state index contributed by atoms with van der Waals surface area (Å²) < 4.78 is 1.74. The number of amides is 1. The van der Waals surface area contributed by atoms with Gasteiger partial charge < -0.3 is 5.32 Å². The highest BCUT2D eigenvalue weighted by Crippen LogP contribution is 2.19. The van der Waals surface area contributed by atoms with E-state index in [0.717, 1.165) is 10.8 Å².